The summed E-state index contributed by atoms with van der Waals surface area (Å²) in [6.07, 6.45) is 2.63. The number of nitrogens with one attached hydrogen (secondary N) is 1. The summed E-state index contributed by atoms with van der Waals surface area (Å²) in [4.78, 5) is 14.1. The quantitative estimate of drug-likeness (QED) is 0.620. The first-order valence-electron chi connectivity index (χ1n) is 6.64. The van der Waals surface area contributed by atoms with Crippen LogP contribution in [-0.4, -0.2) is 36.0 Å². The van der Waals surface area contributed by atoms with Crippen molar-refractivity contribution in [1.82, 2.24) is 10.2 Å². The Balaban J connectivity index is 2.47. The van der Waals surface area contributed by atoms with Gasteiger partial charge in [-0.2, -0.15) is 4.73 Å². The van der Waals surface area contributed by atoms with Crippen molar-refractivity contribution in [2.75, 3.05) is 13.1 Å². The molecule has 19 heavy (non-hydrogen) atoms. The molecule has 0 atom stereocenters. The Morgan fingerprint density at radius 1 is 1.37 bits per heavy atom. The second kappa shape index (κ2) is 7.09. The van der Waals surface area contributed by atoms with Gasteiger partial charge in [-0.3, -0.25) is 9.69 Å². The smallest absolute Gasteiger partial charge is 0.257 e. The molecular formula is C14H23N3O2. The molecule has 106 valence electrons. The highest BCUT2D eigenvalue weighted by molar-refractivity contribution is 5.93. The lowest BCUT2D eigenvalue weighted by atomic mass is 10.2. The van der Waals surface area contributed by atoms with Gasteiger partial charge in [0, 0.05) is 31.2 Å². The van der Waals surface area contributed by atoms with Crippen LogP contribution in [0.2, 0.25) is 0 Å². The summed E-state index contributed by atoms with van der Waals surface area (Å²) in [6.45, 7) is 9.92. The SMILES string of the molecule is CC(C)N(CCNC(=O)c1ccc[n+]([O-])c1)C(C)C. The van der Waals surface area contributed by atoms with Gasteiger partial charge in [0.2, 0.25) is 0 Å². The van der Waals surface area contributed by atoms with Crippen molar-refractivity contribution in [3.05, 3.63) is 35.3 Å². The fourth-order valence-electron chi connectivity index (χ4n) is 2.10. The zero-order chi connectivity index (χ0) is 14.4. The standard InChI is InChI=1S/C14H23N3O2/c1-11(2)17(12(3)4)9-7-15-14(18)13-6-5-8-16(19)10-13/h5-6,8,10-12H,7,9H2,1-4H3,(H,15,18). The summed E-state index contributed by atoms with van der Waals surface area (Å²) in [5.41, 5.74) is 0.387. The maximum atomic E-state index is 11.8. The molecule has 5 nitrogen and oxygen atoms in total. The predicted octanol–water partition coefficient (Wildman–Crippen LogP) is 1.17. The molecule has 0 bridgehead atoms. The molecule has 0 fully saturated rings. The lowest BCUT2D eigenvalue weighted by Crippen LogP contribution is -2.42. The molecule has 1 rings (SSSR count). The van der Waals surface area contributed by atoms with Crippen molar-refractivity contribution in [2.24, 2.45) is 0 Å². The molecule has 0 spiro atoms. The molecule has 1 aromatic heterocycles. The fourth-order valence-corrected chi connectivity index (χ4v) is 2.10. The van der Waals surface area contributed by atoms with Crippen LogP contribution in [-0.2, 0) is 0 Å². The number of rotatable bonds is 6. The van der Waals surface area contributed by atoms with Gasteiger partial charge in [-0.15, -0.1) is 0 Å². The van der Waals surface area contributed by atoms with Crippen LogP contribution >= 0.6 is 0 Å². The number of aromatic nitrogens is 1. The highest BCUT2D eigenvalue weighted by atomic mass is 16.5. The van der Waals surface area contributed by atoms with Gasteiger partial charge >= 0.3 is 0 Å². The Morgan fingerprint density at radius 2 is 2.00 bits per heavy atom. The molecule has 0 saturated heterocycles. The maximum absolute atomic E-state index is 11.8. The first kappa shape index (κ1) is 15.4. The van der Waals surface area contributed by atoms with Crippen LogP contribution in [0.3, 0.4) is 0 Å². The van der Waals surface area contributed by atoms with Gasteiger partial charge in [-0.1, -0.05) is 0 Å². The predicted molar refractivity (Wildman–Crippen MR) is 74.7 cm³/mol. The lowest BCUT2D eigenvalue weighted by molar-refractivity contribution is -0.605. The van der Waals surface area contributed by atoms with E-state index >= 15 is 0 Å². The van der Waals surface area contributed by atoms with Crippen molar-refractivity contribution in [2.45, 2.75) is 39.8 Å². The molecule has 1 amide bonds. The van der Waals surface area contributed by atoms with Crippen LogP contribution < -0.4 is 10.0 Å². The normalized spacial score (nSPS) is 11.3. The minimum absolute atomic E-state index is 0.210. The van der Waals surface area contributed by atoms with E-state index < -0.39 is 0 Å². The van der Waals surface area contributed by atoms with Gasteiger partial charge in [0.25, 0.3) is 5.91 Å². The van der Waals surface area contributed by atoms with E-state index in [9.17, 15) is 10.0 Å². The van der Waals surface area contributed by atoms with Crippen molar-refractivity contribution in [3.8, 4) is 0 Å². The number of carbonyl (C=O) groups is 1. The largest absolute Gasteiger partial charge is 0.619 e. The summed E-state index contributed by atoms with van der Waals surface area (Å²) >= 11 is 0. The zero-order valence-electron chi connectivity index (χ0n) is 12.1. The number of carbonyl (C=O) groups excluding carboxylic acids is 1. The molecule has 0 aliphatic rings. The molecule has 1 heterocycles. The lowest BCUT2D eigenvalue weighted by Gasteiger charge is -2.30. The first-order chi connectivity index (χ1) is 8.91. The van der Waals surface area contributed by atoms with E-state index in [0.717, 1.165) is 6.54 Å². The van der Waals surface area contributed by atoms with Crippen LogP contribution in [0, 0.1) is 5.21 Å². The average Bonchev–Trinajstić information content (AvgIpc) is 2.33. The topological polar surface area (TPSA) is 59.3 Å². The van der Waals surface area contributed by atoms with Crippen molar-refractivity contribution >= 4 is 5.91 Å². The molecule has 1 N–H and O–H groups in total. The second-order valence-electron chi connectivity index (χ2n) is 5.13. The van der Waals surface area contributed by atoms with Gasteiger partial charge < -0.3 is 10.5 Å². The minimum Gasteiger partial charge on any atom is -0.619 e. The van der Waals surface area contributed by atoms with E-state index in [1.54, 1.807) is 12.1 Å². The Bertz CT molecular complexity index is 411. The Kier molecular flexibility index (Phi) is 5.76. The molecule has 0 aromatic carbocycles. The van der Waals surface area contributed by atoms with E-state index in [1.165, 1.54) is 12.4 Å². The molecule has 0 radical (unpaired) electrons. The Labute approximate surface area is 114 Å². The third-order valence-electron chi connectivity index (χ3n) is 3.02. The minimum atomic E-state index is -0.210. The van der Waals surface area contributed by atoms with Crippen molar-refractivity contribution in [3.63, 3.8) is 0 Å². The summed E-state index contributed by atoms with van der Waals surface area (Å²) < 4.78 is 0.628. The van der Waals surface area contributed by atoms with Crippen LogP contribution in [0.5, 0.6) is 0 Å². The number of hydrogen-bond acceptors (Lipinski definition) is 3. The highest BCUT2D eigenvalue weighted by Gasteiger charge is 2.14. The van der Waals surface area contributed by atoms with E-state index in [1.807, 2.05) is 0 Å². The van der Waals surface area contributed by atoms with Gasteiger partial charge in [0.05, 0.1) is 0 Å². The summed E-state index contributed by atoms with van der Waals surface area (Å²) in [5, 5.41) is 13.9. The Hall–Kier alpha value is -1.62. The van der Waals surface area contributed by atoms with Gasteiger partial charge in [-0.05, 0) is 33.8 Å². The van der Waals surface area contributed by atoms with Gasteiger partial charge in [0.1, 0.15) is 5.56 Å². The highest BCUT2D eigenvalue weighted by Crippen LogP contribution is 2.03. The Morgan fingerprint density at radius 3 is 2.53 bits per heavy atom. The number of amides is 1. The molecule has 0 aliphatic carbocycles. The molecule has 0 saturated carbocycles. The number of pyridine rings is 1. The fraction of sp³-hybridized carbons (Fsp3) is 0.571. The summed E-state index contributed by atoms with van der Waals surface area (Å²) in [7, 11) is 0. The number of nitrogens with zero attached hydrogens (tertiary/aromatic N) is 2. The molecule has 5 heteroatoms. The van der Waals surface area contributed by atoms with Gasteiger partial charge in [-0.25, -0.2) is 0 Å². The summed E-state index contributed by atoms with van der Waals surface area (Å²) in [6, 6.07) is 4.08. The van der Waals surface area contributed by atoms with Crippen molar-refractivity contribution in [1.29, 1.82) is 0 Å². The third kappa shape index (κ3) is 4.87. The van der Waals surface area contributed by atoms with Crippen LogP contribution in [0.15, 0.2) is 24.5 Å². The van der Waals surface area contributed by atoms with E-state index in [-0.39, 0.29) is 5.91 Å². The van der Waals surface area contributed by atoms with Gasteiger partial charge in [0.15, 0.2) is 12.4 Å². The zero-order valence-corrected chi connectivity index (χ0v) is 12.1. The molecule has 0 unspecified atom stereocenters. The van der Waals surface area contributed by atoms with Crippen LogP contribution in [0.4, 0.5) is 0 Å². The van der Waals surface area contributed by atoms with E-state index in [4.69, 9.17) is 0 Å². The van der Waals surface area contributed by atoms with Crippen molar-refractivity contribution < 1.29 is 9.52 Å². The van der Waals surface area contributed by atoms with E-state index in [0.29, 0.717) is 28.9 Å². The maximum Gasteiger partial charge on any atom is 0.257 e. The van der Waals surface area contributed by atoms with Crippen LogP contribution in [0.25, 0.3) is 0 Å². The monoisotopic (exact) mass is 265 g/mol. The average molecular weight is 265 g/mol. The first-order valence-corrected chi connectivity index (χ1v) is 6.64. The summed E-state index contributed by atoms with van der Waals surface area (Å²) in [5.74, 6) is -0.210. The molecule has 1 aromatic rings. The second-order valence-corrected chi connectivity index (χ2v) is 5.13. The molecule has 0 aliphatic heterocycles. The molecular weight excluding hydrogens is 242 g/mol. The van der Waals surface area contributed by atoms with Crippen LogP contribution in [0.1, 0.15) is 38.1 Å². The number of hydrogen-bond donors (Lipinski definition) is 1. The third-order valence-corrected chi connectivity index (χ3v) is 3.02. The van der Waals surface area contributed by atoms with E-state index in [2.05, 4.69) is 37.9 Å².